The van der Waals surface area contributed by atoms with Gasteiger partial charge in [-0.3, -0.25) is 4.79 Å². The zero-order chi connectivity index (χ0) is 9.14. The number of nitrogens with zero attached hydrogens (tertiary/aromatic N) is 1. The van der Waals surface area contributed by atoms with Crippen LogP contribution < -0.4 is 16.8 Å². The lowest BCUT2D eigenvalue weighted by atomic mass is 10.1. The molecule has 0 unspecified atom stereocenters. The fourth-order valence-electron chi connectivity index (χ4n) is 1.03. The molecule has 0 radical (unpaired) electrons. The van der Waals surface area contributed by atoms with Crippen LogP contribution in [-0.2, 0) is 4.79 Å². The minimum atomic E-state index is -0.424. The molecule has 0 atom stereocenters. The van der Waals surface area contributed by atoms with Crippen LogP contribution in [0.25, 0.3) is 0 Å². The van der Waals surface area contributed by atoms with Crippen LogP contribution in [0.5, 0.6) is 0 Å². The van der Waals surface area contributed by atoms with E-state index >= 15 is 0 Å². The van der Waals surface area contributed by atoms with Crippen molar-refractivity contribution >= 4 is 11.9 Å². The SMILES string of the molecule is NC(=O)CNC1CN(C(N)=O)C1. The third-order valence-corrected chi connectivity index (χ3v) is 1.76. The Hall–Kier alpha value is -1.30. The lowest BCUT2D eigenvalue weighted by Gasteiger charge is -2.38. The van der Waals surface area contributed by atoms with Gasteiger partial charge in [0.15, 0.2) is 0 Å². The van der Waals surface area contributed by atoms with E-state index in [1.807, 2.05) is 0 Å². The molecule has 1 heterocycles. The average molecular weight is 172 g/mol. The van der Waals surface area contributed by atoms with Gasteiger partial charge in [-0.25, -0.2) is 4.79 Å². The van der Waals surface area contributed by atoms with Crippen LogP contribution in [0.15, 0.2) is 0 Å². The Bertz CT molecular complexity index is 197. The molecule has 1 fully saturated rings. The van der Waals surface area contributed by atoms with Gasteiger partial charge in [-0.15, -0.1) is 0 Å². The fraction of sp³-hybridized carbons (Fsp3) is 0.667. The van der Waals surface area contributed by atoms with Gasteiger partial charge in [-0.05, 0) is 0 Å². The van der Waals surface area contributed by atoms with E-state index in [-0.39, 0.29) is 12.6 Å². The predicted octanol–water partition coefficient (Wildman–Crippen LogP) is -2.18. The van der Waals surface area contributed by atoms with Crippen molar-refractivity contribution in [2.24, 2.45) is 11.5 Å². The van der Waals surface area contributed by atoms with Gasteiger partial charge in [0.05, 0.1) is 6.54 Å². The number of nitrogens with two attached hydrogens (primary N) is 2. The number of nitrogens with one attached hydrogen (secondary N) is 1. The fourth-order valence-corrected chi connectivity index (χ4v) is 1.03. The molecular weight excluding hydrogens is 160 g/mol. The van der Waals surface area contributed by atoms with E-state index in [0.29, 0.717) is 13.1 Å². The summed E-state index contributed by atoms with van der Waals surface area (Å²) in [6, 6.07) is -0.267. The quantitative estimate of drug-likeness (QED) is 0.451. The van der Waals surface area contributed by atoms with Gasteiger partial charge in [0.25, 0.3) is 0 Å². The van der Waals surface area contributed by atoms with E-state index < -0.39 is 11.9 Å². The molecule has 1 saturated heterocycles. The Morgan fingerprint density at radius 1 is 1.42 bits per heavy atom. The first kappa shape index (κ1) is 8.79. The molecule has 0 aromatic rings. The Kier molecular flexibility index (Phi) is 2.49. The summed E-state index contributed by atoms with van der Waals surface area (Å²) in [5.41, 5.74) is 9.89. The first-order chi connectivity index (χ1) is 5.59. The largest absolute Gasteiger partial charge is 0.369 e. The highest BCUT2D eigenvalue weighted by Gasteiger charge is 2.28. The number of hydrogen-bond donors (Lipinski definition) is 3. The van der Waals surface area contributed by atoms with Crippen LogP contribution in [0, 0.1) is 0 Å². The van der Waals surface area contributed by atoms with Crippen molar-refractivity contribution in [1.82, 2.24) is 10.2 Å². The van der Waals surface area contributed by atoms with Crippen LogP contribution in [0.3, 0.4) is 0 Å². The maximum absolute atomic E-state index is 10.5. The maximum Gasteiger partial charge on any atom is 0.314 e. The van der Waals surface area contributed by atoms with Gasteiger partial charge in [0.1, 0.15) is 0 Å². The maximum atomic E-state index is 10.5. The van der Waals surface area contributed by atoms with E-state index in [1.165, 1.54) is 4.90 Å². The minimum Gasteiger partial charge on any atom is -0.369 e. The summed E-state index contributed by atoms with van der Waals surface area (Å²) in [6.07, 6.45) is 0. The summed E-state index contributed by atoms with van der Waals surface area (Å²) in [4.78, 5) is 22.3. The second kappa shape index (κ2) is 3.40. The van der Waals surface area contributed by atoms with Gasteiger partial charge in [0, 0.05) is 19.1 Å². The Labute approximate surface area is 69.9 Å². The van der Waals surface area contributed by atoms with Crippen LogP contribution in [0.2, 0.25) is 0 Å². The highest BCUT2D eigenvalue weighted by Crippen LogP contribution is 2.05. The standard InChI is InChI=1S/C6H12N4O2/c7-5(11)1-9-4-2-10(3-4)6(8)12/h4,9H,1-3H2,(H2,7,11)(H2,8,12). The number of hydrogen-bond acceptors (Lipinski definition) is 3. The van der Waals surface area contributed by atoms with Crippen molar-refractivity contribution in [2.75, 3.05) is 19.6 Å². The van der Waals surface area contributed by atoms with Gasteiger partial charge < -0.3 is 21.7 Å². The van der Waals surface area contributed by atoms with Crippen molar-refractivity contribution in [3.05, 3.63) is 0 Å². The molecule has 0 saturated carbocycles. The van der Waals surface area contributed by atoms with Gasteiger partial charge in [-0.1, -0.05) is 0 Å². The monoisotopic (exact) mass is 172 g/mol. The Morgan fingerprint density at radius 3 is 2.42 bits per heavy atom. The van der Waals surface area contributed by atoms with Gasteiger partial charge in [0.2, 0.25) is 5.91 Å². The highest BCUT2D eigenvalue weighted by molar-refractivity contribution is 5.76. The van der Waals surface area contributed by atoms with Crippen LogP contribution >= 0.6 is 0 Å². The molecule has 6 nitrogen and oxygen atoms in total. The average Bonchev–Trinajstić information content (AvgIpc) is 1.82. The van der Waals surface area contributed by atoms with E-state index in [0.717, 1.165) is 0 Å². The first-order valence-electron chi connectivity index (χ1n) is 3.65. The molecule has 1 rings (SSSR count). The molecule has 0 aromatic heterocycles. The molecular formula is C6H12N4O2. The molecule has 0 spiro atoms. The number of carbonyl (C=O) groups is 2. The second-order valence-corrected chi connectivity index (χ2v) is 2.79. The normalized spacial score (nSPS) is 17.2. The molecule has 5 N–H and O–H groups in total. The van der Waals surface area contributed by atoms with E-state index in [9.17, 15) is 9.59 Å². The van der Waals surface area contributed by atoms with Crippen molar-refractivity contribution in [1.29, 1.82) is 0 Å². The molecule has 0 aliphatic carbocycles. The lowest BCUT2D eigenvalue weighted by Crippen LogP contribution is -2.62. The van der Waals surface area contributed by atoms with Crippen molar-refractivity contribution < 1.29 is 9.59 Å². The topological polar surface area (TPSA) is 101 Å². The number of likely N-dealkylation sites (tertiary alicyclic amines) is 1. The minimum absolute atomic E-state index is 0.150. The zero-order valence-corrected chi connectivity index (χ0v) is 6.62. The smallest absolute Gasteiger partial charge is 0.314 e. The summed E-state index contributed by atoms with van der Waals surface area (Å²) >= 11 is 0. The number of urea groups is 1. The number of carbonyl (C=O) groups excluding carboxylic acids is 2. The van der Waals surface area contributed by atoms with Gasteiger partial charge >= 0.3 is 6.03 Å². The first-order valence-corrected chi connectivity index (χ1v) is 3.65. The van der Waals surface area contributed by atoms with Gasteiger partial charge in [-0.2, -0.15) is 0 Å². The van der Waals surface area contributed by atoms with Crippen molar-refractivity contribution in [3.63, 3.8) is 0 Å². The molecule has 1 aliphatic rings. The number of primary amides is 2. The predicted molar refractivity (Wildman–Crippen MR) is 42.1 cm³/mol. The Balaban J connectivity index is 2.10. The van der Waals surface area contributed by atoms with E-state index in [1.54, 1.807) is 0 Å². The lowest BCUT2D eigenvalue weighted by molar-refractivity contribution is -0.117. The van der Waals surface area contributed by atoms with Crippen LogP contribution in [0.4, 0.5) is 4.79 Å². The highest BCUT2D eigenvalue weighted by atomic mass is 16.2. The van der Waals surface area contributed by atoms with E-state index in [2.05, 4.69) is 5.32 Å². The molecule has 0 aromatic carbocycles. The third-order valence-electron chi connectivity index (χ3n) is 1.76. The molecule has 3 amide bonds. The third kappa shape index (κ3) is 2.09. The second-order valence-electron chi connectivity index (χ2n) is 2.79. The molecule has 0 bridgehead atoms. The van der Waals surface area contributed by atoms with Crippen LogP contribution in [-0.4, -0.2) is 42.5 Å². The number of rotatable bonds is 3. The summed E-state index contributed by atoms with van der Waals surface area (Å²) < 4.78 is 0. The van der Waals surface area contributed by atoms with Crippen molar-refractivity contribution in [3.8, 4) is 0 Å². The summed E-state index contributed by atoms with van der Waals surface area (Å²) in [7, 11) is 0. The molecule has 12 heavy (non-hydrogen) atoms. The Morgan fingerprint density at radius 2 is 2.00 bits per heavy atom. The number of amides is 3. The molecule has 68 valence electrons. The van der Waals surface area contributed by atoms with E-state index in [4.69, 9.17) is 11.5 Å². The molecule has 1 aliphatic heterocycles. The van der Waals surface area contributed by atoms with Crippen molar-refractivity contribution in [2.45, 2.75) is 6.04 Å². The molecule has 6 heteroatoms. The van der Waals surface area contributed by atoms with Crippen LogP contribution in [0.1, 0.15) is 0 Å². The zero-order valence-electron chi connectivity index (χ0n) is 6.62. The summed E-state index contributed by atoms with van der Waals surface area (Å²) in [5, 5.41) is 2.88. The summed E-state index contributed by atoms with van der Waals surface area (Å²) in [5.74, 6) is -0.396. The summed E-state index contributed by atoms with van der Waals surface area (Å²) in [6.45, 7) is 1.27.